The second-order valence-corrected chi connectivity index (χ2v) is 7.22. The van der Waals surface area contributed by atoms with Crippen molar-refractivity contribution in [2.75, 3.05) is 0 Å². The third-order valence-electron chi connectivity index (χ3n) is 4.45. The summed E-state index contributed by atoms with van der Waals surface area (Å²) >= 11 is 5.87. The zero-order chi connectivity index (χ0) is 22.5. The van der Waals surface area contributed by atoms with E-state index in [1.54, 1.807) is 48.5 Å². The monoisotopic (exact) mass is 448 g/mol. The molecule has 3 aromatic carbocycles. The number of nitrogens with zero attached hydrogens (tertiary/aromatic N) is 2. The number of aromatic nitrogens is 2. The number of esters is 2. The van der Waals surface area contributed by atoms with E-state index < -0.39 is 5.97 Å². The van der Waals surface area contributed by atoms with Gasteiger partial charge in [0.05, 0.1) is 5.56 Å². The van der Waals surface area contributed by atoms with Crippen molar-refractivity contribution in [3.05, 3.63) is 89.3 Å². The highest BCUT2D eigenvalue weighted by molar-refractivity contribution is 6.30. The molecule has 32 heavy (non-hydrogen) atoms. The first-order valence-corrected chi connectivity index (χ1v) is 10.00. The minimum atomic E-state index is -0.506. The smallest absolute Gasteiger partial charge is 0.338 e. The first-order chi connectivity index (χ1) is 15.5. The lowest BCUT2D eigenvalue weighted by atomic mass is 10.0. The number of halogens is 1. The molecule has 0 aliphatic carbocycles. The Labute approximate surface area is 188 Å². The molecule has 0 N–H and O–H groups in total. The molecule has 0 aliphatic rings. The quantitative estimate of drug-likeness (QED) is 0.290. The fourth-order valence-electron chi connectivity index (χ4n) is 2.91. The van der Waals surface area contributed by atoms with Crippen LogP contribution >= 0.6 is 11.6 Å². The Hall–Kier alpha value is -3.97. The second-order valence-electron chi connectivity index (χ2n) is 6.78. The number of rotatable bonds is 6. The van der Waals surface area contributed by atoms with E-state index in [9.17, 15) is 9.59 Å². The van der Waals surface area contributed by atoms with Crippen LogP contribution in [0.2, 0.25) is 5.02 Å². The van der Waals surface area contributed by atoms with Crippen LogP contribution in [-0.4, -0.2) is 22.1 Å². The summed E-state index contributed by atoms with van der Waals surface area (Å²) < 4.78 is 15.8. The lowest BCUT2D eigenvalue weighted by Gasteiger charge is -2.06. The lowest BCUT2D eigenvalue weighted by Crippen LogP contribution is -2.05. The van der Waals surface area contributed by atoms with E-state index in [2.05, 4.69) is 10.2 Å². The molecule has 160 valence electrons. The Morgan fingerprint density at radius 1 is 0.844 bits per heavy atom. The Morgan fingerprint density at radius 2 is 1.44 bits per heavy atom. The van der Waals surface area contributed by atoms with Gasteiger partial charge in [-0.05, 0) is 59.7 Å². The van der Waals surface area contributed by atoms with Crippen molar-refractivity contribution in [2.45, 2.75) is 13.5 Å². The standard InChI is InChI=1S/C24H17ClN2O5/c1-15(28)31-21-12-8-17(9-13-21)16-2-4-19(5-3-16)24(29)30-14-22-26-27-23(32-22)18-6-10-20(25)11-7-18/h2-13H,14H2,1H3. The molecule has 0 amide bonds. The molecule has 4 rings (SSSR count). The molecule has 0 aliphatic heterocycles. The van der Waals surface area contributed by atoms with Gasteiger partial charge in [0.2, 0.25) is 5.89 Å². The van der Waals surface area contributed by atoms with Crippen molar-refractivity contribution in [2.24, 2.45) is 0 Å². The van der Waals surface area contributed by atoms with Crippen LogP contribution in [0.15, 0.2) is 77.2 Å². The highest BCUT2D eigenvalue weighted by Crippen LogP contribution is 2.24. The highest BCUT2D eigenvalue weighted by Gasteiger charge is 2.13. The second kappa shape index (κ2) is 9.45. The zero-order valence-corrected chi connectivity index (χ0v) is 17.7. The van der Waals surface area contributed by atoms with Crippen molar-refractivity contribution >= 4 is 23.5 Å². The lowest BCUT2D eigenvalue weighted by molar-refractivity contribution is -0.131. The van der Waals surface area contributed by atoms with E-state index in [0.29, 0.717) is 22.2 Å². The number of hydrogen-bond donors (Lipinski definition) is 0. The summed E-state index contributed by atoms with van der Waals surface area (Å²) in [5.74, 6) is 0.0987. The van der Waals surface area contributed by atoms with Crippen molar-refractivity contribution in [3.63, 3.8) is 0 Å². The van der Waals surface area contributed by atoms with Gasteiger partial charge in [-0.2, -0.15) is 0 Å². The van der Waals surface area contributed by atoms with E-state index in [4.69, 9.17) is 25.5 Å². The van der Waals surface area contributed by atoms with E-state index in [-0.39, 0.29) is 18.5 Å². The van der Waals surface area contributed by atoms with Crippen molar-refractivity contribution in [1.82, 2.24) is 10.2 Å². The van der Waals surface area contributed by atoms with Crippen LogP contribution < -0.4 is 4.74 Å². The van der Waals surface area contributed by atoms with Gasteiger partial charge < -0.3 is 13.9 Å². The molecular weight excluding hydrogens is 432 g/mol. The summed E-state index contributed by atoms with van der Waals surface area (Å²) in [6.45, 7) is 1.21. The van der Waals surface area contributed by atoms with Gasteiger partial charge in [-0.3, -0.25) is 4.79 Å². The first kappa shape index (κ1) is 21.3. The predicted molar refractivity (Wildman–Crippen MR) is 117 cm³/mol. The molecule has 0 unspecified atom stereocenters. The van der Waals surface area contributed by atoms with Gasteiger partial charge >= 0.3 is 11.9 Å². The van der Waals surface area contributed by atoms with Gasteiger partial charge in [-0.25, -0.2) is 4.79 Å². The topological polar surface area (TPSA) is 91.5 Å². The molecular formula is C24H17ClN2O5. The van der Waals surface area contributed by atoms with Crippen LogP contribution in [0.5, 0.6) is 5.75 Å². The molecule has 0 spiro atoms. The number of carbonyl (C=O) groups excluding carboxylic acids is 2. The summed E-state index contributed by atoms with van der Waals surface area (Å²) in [5, 5.41) is 8.46. The number of ether oxygens (including phenoxy) is 2. The van der Waals surface area contributed by atoms with Crippen LogP contribution in [0.3, 0.4) is 0 Å². The van der Waals surface area contributed by atoms with Gasteiger partial charge in [-0.15, -0.1) is 10.2 Å². The minimum Gasteiger partial charge on any atom is -0.452 e. The normalized spacial score (nSPS) is 10.6. The minimum absolute atomic E-state index is 0.140. The average molecular weight is 449 g/mol. The highest BCUT2D eigenvalue weighted by atomic mass is 35.5. The molecule has 0 radical (unpaired) electrons. The maximum absolute atomic E-state index is 12.4. The molecule has 1 aromatic heterocycles. The average Bonchev–Trinajstić information content (AvgIpc) is 3.27. The summed E-state index contributed by atoms with van der Waals surface area (Å²) in [4.78, 5) is 23.4. The fraction of sp³-hybridized carbons (Fsp3) is 0.0833. The van der Waals surface area contributed by atoms with Crippen molar-refractivity contribution < 1.29 is 23.5 Å². The van der Waals surface area contributed by atoms with Crippen LogP contribution in [0.1, 0.15) is 23.2 Å². The molecule has 0 fully saturated rings. The Kier molecular flexibility index (Phi) is 6.28. The third kappa shape index (κ3) is 5.19. The van der Waals surface area contributed by atoms with E-state index in [0.717, 1.165) is 16.7 Å². The molecule has 4 aromatic rings. The largest absolute Gasteiger partial charge is 0.452 e. The predicted octanol–water partition coefficient (Wildman–Crippen LogP) is 5.34. The summed E-state index contributed by atoms with van der Waals surface area (Å²) in [6, 6.07) is 21.0. The van der Waals surface area contributed by atoms with Gasteiger partial charge in [-0.1, -0.05) is 35.9 Å². The summed E-state index contributed by atoms with van der Waals surface area (Å²) in [6.07, 6.45) is 0. The molecule has 0 saturated heterocycles. The molecule has 8 heteroatoms. The third-order valence-corrected chi connectivity index (χ3v) is 4.71. The van der Waals surface area contributed by atoms with Crippen LogP contribution in [0.4, 0.5) is 0 Å². The maximum Gasteiger partial charge on any atom is 0.338 e. The zero-order valence-electron chi connectivity index (χ0n) is 16.9. The molecule has 1 heterocycles. The van der Waals surface area contributed by atoms with Gasteiger partial charge in [0.25, 0.3) is 5.89 Å². The maximum atomic E-state index is 12.4. The van der Waals surface area contributed by atoms with Crippen molar-refractivity contribution in [1.29, 1.82) is 0 Å². The Balaban J connectivity index is 1.36. The Morgan fingerprint density at radius 3 is 2.06 bits per heavy atom. The molecule has 0 saturated carbocycles. The fourth-order valence-corrected chi connectivity index (χ4v) is 3.04. The Bertz CT molecular complexity index is 1230. The van der Waals surface area contributed by atoms with Gasteiger partial charge in [0.1, 0.15) is 5.75 Å². The molecule has 7 nitrogen and oxygen atoms in total. The van der Waals surface area contributed by atoms with E-state index in [1.807, 2.05) is 24.3 Å². The summed E-state index contributed by atoms with van der Waals surface area (Å²) in [7, 11) is 0. The number of benzene rings is 3. The summed E-state index contributed by atoms with van der Waals surface area (Å²) in [5.41, 5.74) is 2.93. The van der Waals surface area contributed by atoms with Crippen LogP contribution in [0, 0.1) is 0 Å². The number of carbonyl (C=O) groups is 2. The van der Waals surface area contributed by atoms with Crippen LogP contribution in [-0.2, 0) is 16.1 Å². The van der Waals surface area contributed by atoms with Gasteiger partial charge in [0, 0.05) is 17.5 Å². The number of hydrogen-bond acceptors (Lipinski definition) is 7. The van der Waals surface area contributed by atoms with E-state index >= 15 is 0 Å². The van der Waals surface area contributed by atoms with Crippen LogP contribution in [0.25, 0.3) is 22.6 Å². The molecule has 0 bridgehead atoms. The van der Waals surface area contributed by atoms with E-state index in [1.165, 1.54) is 6.92 Å². The SMILES string of the molecule is CC(=O)Oc1ccc(-c2ccc(C(=O)OCc3nnc(-c4ccc(Cl)cc4)o3)cc2)cc1. The first-order valence-electron chi connectivity index (χ1n) is 9.62. The van der Waals surface area contributed by atoms with Gasteiger partial charge in [0.15, 0.2) is 6.61 Å². The molecule has 0 atom stereocenters. The van der Waals surface area contributed by atoms with Crippen molar-refractivity contribution in [3.8, 4) is 28.3 Å².